The molecule has 3 atom stereocenters. The van der Waals surface area contributed by atoms with Crippen molar-refractivity contribution >= 4 is 5.91 Å². The Hall–Kier alpha value is -0.570. The molecule has 1 amide bonds. The van der Waals surface area contributed by atoms with Gasteiger partial charge >= 0.3 is 0 Å². The van der Waals surface area contributed by atoms with E-state index in [1.54, 1.807) is 0 Å². The standard InChI is InChI=1S/C13H24N2O/c1-10-6-3-2-4-8-12(10)15-9-5-7-11(14)13(15)16/h10-12H,2-9,14H2,1H3. The van der Waals surface area contributed by atoms with Crippen molar-refractivity contribution < 1.29 is 4.79 Å². The van der Waals surface area contributed by atoms with Gasteiger partial charge in [0.25, 0.3) is 0 Å². The quantitative estimate of drug-likeness (QED) is 0.692. The third-order valence-corrected chi connectivity index (χ3v) is 4.23. The van der Waals surface area contributed by atoms with Crippen molar-refractivity contribution in [2.75, 3.05) is 6.54 Å². The largest absolute Gasteiger partial charge is 0.338 e. The normalized spacial score (nSPS) is 37.2. The summed E-state index contributed by atoms with van der Waals surface area (Å²) in [7, 11) is 0. The minimum absolute atomic E-state index is 0.199. The number of rotatable bonds is 1. The lowest BCUT2D eigenvalue weighted by molar-refractivity contribution is -0.138. The summed E-state index contributed by atoms with van der Waals surface area (Å²) in [5.74, 6) is 0.849. The number of hydrogen-bond acceptors (Lipinski definition) is 2. The fraction of sp³-hybridized carbons (Fsp3) is 0.923. The van der Waals surface area contributed by atoms with E-state index in [9.17, 15) is 4.79 Å². The van der Waals surface area contributed by atoms with Crippen molar-refractivity contribution in [1.29, 1.82) is 0 Å². The molecule has 0 radical (unpaired) electrons. The third-order valence-electron chi connectivity index (χ3n) is 4.23. The van der Waals surface area contributed by atoms with Gasteiger partial charge in [-0.1, -0.05) is 26.2 Å². The van der Waals surface area contributed by atoms with Gasteiger partial charge in [0.1, 0.15) is 0 Å². The second-order valence-electron chi connectivity index (χ2n) is 5.46. The van der Waals surface area contributed by atoms with Crippen molar-refractivity contribution in [1.82, 2.24) is 4.90 Å². The zero-order chi connectivity index (χ0) is 11.5. The average molecular weight is 224 g/mol. The van der Waals surface area contributed by atoms with Gasteiger partial charge in [0.2, 0.25) is 5.91 Å². The highest BCUT2D eigenvalue weighted by molar-refractivity contribution is 5.82. The van der Waals surface area contributed by atoms with Crippen LogP contribution in [0.4, 0.5) is 0 Å². The lowest BCUT2D eigenvalue weighted by Gasteiger charge is -2.39. The molecule has 0 aromatic carbocycles. The molecule has 16 heavy (non-hydrogen) atoms. The Morgan fingerprint density at radius 1 is 1.12 bits per heavy atom. The lowest BCUT2D eigenvalue weighted by atomic mass is 9.92. The number of amides is 1. The molecule has 1 saturated heterocycles. The van der Waals surface area contributed by atoms with E-state index in [4.69, 9.17) is 5.73 Å². The number of piperidine rings is 1. The maximum atomic E-state index is 12.1. The highest BCUT2D eigenvalue weighted by Gasteiger charge is 2.33. The number of nitrogens with two attached hydrogens (primary N) is 1. The number of carbonyl (C=O) groups is 1. The first-order valence-electron chi connectivity index (χ1n) is 6.76. The molecular weight excluding hydrogens is 200 g/mol. The molecule has 1 saturated carbocycles. The predicted octanol–water partition coefficient (Wildman–Crippen LogP) is 1.90. The van der Waals surface area contributed by atoms with E-state index in [2.05, 4.69) is 11.8 Å². The molecule has 0 spiro atoms. The zero-order valence-electron chi connectivity index (χ0n) is 10.3. The molecule has 1 aliphatic heterocycles. The fourth-order valence-corrected chi connectivity index (χ4v) is 3.19. The van der Waals surface area contributed by atoms with Crippen LogP contribution in [-0.4, -0.2) is 29.4 Å². The molecule has 0 bridgehead atoms. The molecule has 2 fully saturated rings. The van der Waals surface area contributed by atoms with E-state index >= 15 is 0 Å². The SMILES string of the molecule is CC1CCCCCC1N1CCCC(N)C1=O. The van der Waals surface area contributed by atoms with Crippen LogP contribution in [0.25, 0.3) is 0 Å². The Bertz CT molecular complexity index is 254. The molecule has 3 heteroatoms. The van der Waals surface area contributed by atoms with Crippen molar-refractivity contribution in [3.63, 3.8) is 0 Å². The summed E-state index contributed by atoms with van der Waals surface area (Å²) in [6.07, 6.45) is 8.32. The lowest BCUT2D eigenvalue weighted by Crippen LogP contribution is -2.54. The highest BCUT2D eigenvalue weighted by atomic mass is 16.2. The van der Waals surface area contributed by atoms with E-state index in [1.807, 2.05) is 0 Å². The topological polar surface area (TPSA) is 46.3 Å². The predicted molar refractivity (Wildman–Crippen MR) is 65.0 cm³/mol. The second-order valence-corrected chi connectivity index (χ2v) is 5.46. The molecule has 3 unspecified atom stereocenters. The summed E-state index contributed by atoms with van der Waals surface area (Å²) in [6.45, 7) is 3.23. The molecular formula is C13H24N2O. The van der Waals surface area contributed by atoms with E-state index in [-0.39, 0.29) is 11.9 Å². The van der Waals surface area contributed by atoms with Crippen molar-refractivity contribution in [2.45, 2.75) is 64.0 Å². The Morgan fingerprint density at radius 3 is 2.69 bits per heavy atom. The summed E-state index contributed by atoms with van der Waals surface area (Å²) in [6, 6.07) is 0.227. The maximum absolute atomic E-state index is 12.1. The highest BCUT2D eigenvalue weighted by Crippen LogP contribution is 2.29. The maximum Gasteiger partial charge on any atom is 0.239 e. The summed E-state index contributed by atoms with van der Waals surface area (Å²) in [5, 5.41) is 0. The molecule has 1 heterocycles. The van der Waals surface area contributed by atoms with Crippen LogP contribution in [-0.2, 0) is 4.79 Å². The Morgan fingerprint density at radius 2 is 1.88 bits per heavy atom. The first kappa shape index (κ1) is 11.9. The van der Waals surface area contributed by atoms with Crippen LogP contribution in [0.15, 0.2) is 0 Å². The first-order valence-corrected chi connectivity index (χ1v) is 6.76. The molecule has 0 aromatic rings. The number of likely N-dealkylation sites (tertiary alicyclic amines) is 1. The number of nitrogens with zero attached hydrogens (tertiary/aromatic N) is 1. The van der Waals surface area contributed by atoms with Gasteiger partial charge in [0, 0.05) is 12.6 Å². The van der Waals surface area contributed by atoms with Crippen LogP contribution in [0.1, 0.15) is 51.9 Å². The average Bonchev–Trinajstić information content (AvgIpc) is 2.47. The molecule has 2 aliphatic rings. The Kier molecular flexibility index (Phi) is 3.85. The molecule has 2 N–H and O–H groups in total. The van der Waals surface area contributed by atoms with Crippen molar-refractivity contribution in [3.8, 4) is 0 Å². The van der Waals surface area contributed by atoms with Gasteiger partial charge in [0.15, 0.2) is 0 Å². The third kappa shape index (κ3) is 2.40. The summed E-state index contributed by atoms with van der Waals surface area (Å²) in [4.78, 5) is 14.2. The molecule has 92 valence electrons. The van der Waals surface area contributed by atoms with Gasteiger partial charge in [-0.25, -0.2) is 0 Å². The smallest absolute Gasteiger partial charge is 0.239 e. The molecule has 3 nitrogen and oxygen atoms in total. The van der Waals surface area contributed by atoms with E-state index in [0.29, 0.717) is 12.0 Å². The van der Waals surface area contributed by atoms with E-state index < -0.39 is 0 Å². The van der Waals surface area contributed by atoms with Crippen molar-refractivity contribution in [2.24, 2.45) is 11.7 Å². The van der Waals surface area contributed by atoms with Crippen LogP contribution in [0.3, 0.4) is 0 Å². The fourth-order valence-electron chi connectivity index (χ4n) is 3.19. The summed E-state index contributed by atoms with van der Waals surface area (Å²) >= 11 is 0. The van der Waals surface area contributed by atoms with Gasteiger partial charge in [-0.2, -0.15) is 0 Å². The minimum atomic E-state index is -0.232. The van der Waals surface area contributed by atoms with Crippen LogP contribution >= 0.6 is 0 Å². The van der Waals surface area contributed by atoms with Crippen LogP contribution in [0.5, 0.6) is 0 Å². The van der Waals surface area contributed by atoms with Crippen LogP contribution < -0.4 is 5.73 Å². The molecule has 0 aromatic heterocycles. The zero-order valence-corrected chi connectivity index (χ0v) is 10.3. The van der Waals surface area contributed by atoms with E-state index in [1.165, 1.54) is 32.1 Å². The van der Waals surface area contributed by atoms with Gasteiger partial charge in [-0.3, -0.25) is 4.79 Å². The minimum Gasteiger partial charge on any atom is -0.338 e. The molecule has 1 aliphatic carbocycles. The second kappa shape index (κ2) is 5.17. The first-order chi connectivity index (χ1) is 7.70. The summed E-state index contributed by atoms with van der Waals surface area (Å²) < 4.78 is 0. The summed E-state index contributed by atoms with van der Waals surface area (Å²) in [5.41, 5.74) is 5.87. The Balaban J connectivity index is 2.05. The van der Waals surface area contributed by atoms with Gasteiger partial charge in [-0.05, 0) is 31.6 Å². The van der Waals surface area contributed by atoms with Gasteiger partial charge in [-0.15, -0.1) is 0 Å². The van der Waals surface area contributed by atoms with E-state index in [0.717, 1.165) is 19.4 Å². The molecule has 2 rings (SSSR count). The number of carbonyl (C=O) groups excluding carboxylic acids is 1. The number of hydrogen-bond donors (Lipinski definition) is 1. The van der Waals surface area contributed by atoms with Crippen molar-refractivity contribution in [3.05, 3.63) is 0 Å². The van der Waals surface area contributed by atoms with Gasteiger partial charge in [0.05, 0.1) is 6.04 Å². The Labute approximate surface area is 98.4 Å². The van der Waals surface area contributed by atoms with Gasteiger partial charge < -0.3 is 10.6 Å². The van der Waals surface area contributed by atoms with Crippen LogP contribution in [0, 0.1) is 5.92 Å². The monoisotopic (exact) mass is 224 g/mol. The van der Waals surface area contributed by atoms with Crippen LogP contribution in [0.2, 0.25) is 0 Å².